The van der Waals surface area contributed by atoms with Crippen LogP contribution in [0.3, 0.4) is 0 Å². The van der Waals surface area contributed by atoms with Gasteiger partial charge in [0, 0.05) is 50.3 Å². The molecule has 2 fully saturated rings. The number of likely N-dealkylation sites (tertiary alicyclic amines) is 1. The van der Waals surface area contributed by atoms with E-state index in [0.29, 0.717) is 0 Å². The third-order valence-electron chi connectivity index (χ3n) is 4.87. The molecular weight excluding hydrogens is 343 g/mol. The average molecular weight is 363 g/mol. The van der Waals surface area contributed by atoms with E-state index in [2.05, 4.69) is 19.9 Å². The van der Waals surface area contributed by atoms with Crippen LogP contribution in [0.2, 0.25) is 0 Å². The fourth-order valence-corrected chi connectivity index (χ4v) is 3.54. The highest BCUT2D eigenvalue weighted by Gasteiger charge is 2.40. The molecule has 3 heterocycles. The summed E-state index contributed by atoms with van der Waals surface area (Å²) in [6, 6.07) is 5.27. The molecule has 1 saturated heterocycles. The van der Waals surface area contributed by atoms with Crippen molar-refractivity contribution in [3.63, 3.8) is 0 Å². The third-order valence-corrected chi connectivity index (χ3v) is 4.87. The van der Waals surface area contributed by atoms with Gasteiger partial charge in [-0.2, -0.15) is 13.2 Å². The number of alkyl halides is 3. The number of nitrogens with zero attached hydrogens (tertiary/aromatic N) is 5. The van der Waals surface area contributed by atoms with Crippen molar-refractivity contribution in [2.75, 3.05) is 18.0 Å². The van der Waals surface area contributed by atoms with Gasteiger partial charge in [0.2, 0.25) is 5.95 Å². The van der Waals surface area contributed by atoms with E-state index in [0.717, 1.165) is 50.5 Å². The molecule has 5 nitrogen and oxygen atoms in total. The molecule has 0 radical (unpaired) electrons. The van der Waals surface area contributed by atoms with Gasteiger partial charge in [0.1, 0.15) is 5.69 Å². The first-order valence-electron chi connectivity index (χ1n) is 8.80. The zero-order chi connectivity index (χ0) is 18.1. The van der Waals surface area contributed by atoms with Crippen molar-refractivity contribution in [1.29, 1.82) is 0 Å². The number of pyridine rings is 1. The summed E-state index contributed by atoms with van der Waals surface area (Å²) >= 11 is 0. The largest absolute Gasteiger partial charge is 0.433 e. The lowest BCUT2D eigenvalue weighted by Crippen LogP contribution is -2.40. The quantitative estimate of drug-likeness (QED) is 0.817. The van der Waals surface area contributed by atoms with E-state index in [1.54, 1.807) is 6.20 Å². The van der Waals surface area contributed by atoms with E-state index in [-0.39, 0.29) is 18.0 Å². The molecule has 1 saturated carbocycles. The highest BCUT2D eigenvalue weighted by Crippen LogP contribution is 2.36. The fraction of sp³-hybridized carbons (Fsp3) is 0.500. The van der Waals surface area contributed by atoms with Gasteiger partial charge >= 0.3 is 6.18 Å². The number of rotatable bonds is 5. The first kappa shape index (κ1) is 17.2. The van der Waals surface area contributed by atoms with Gasteiger partial charge < -0.3 is 4.90 Å². The van der Waals surface area contributed by atoms with E-state index >= 15 is 0 Å². The predicted molar refractivity (Wildman–Crippen MR) is 90.5 cm³/mol. The zero-order valence-electron chi connectivity index (χ0n) is 14.2. The Morgan fingerprint density at radius 3 is 2.65 bits per heavy atom. The molecule has 2 aromatic rings. The van der Waals surface area contributed by atoms with Crippen molar-refractivity contribution >= 4 is 5.95 Å². The zero-order valence-corrected chi connectivity index (χ0v) is 14.2. The second-order valence-electron chi connectivity index (χ2n) is 6.92. The Morgan fingerprint density at radius 2 is 1.96 bits per heavy atom. The Balaban J connectivity index is 1.50. The number of halogens is 3. The van der Waals surface area contributed by atoms with Crippen LogP contribution in [-0.4, -0.2) is 45.0 Å². The van der Waals surface area contributed by atoms with Crippen molar-refractivity contribution in [3.8, 4) is 0 Å². The molecule has 4 rings (SSSR count). The van der Waals surface area contributed by atoms with Crippen LogP contribution in [0.5, 0.6) is 0 Å². The molecule has 138 valence electrons. The topological polar surface area (TPSA) is 45.2 Å². The molecule has 26 heavy (non-hydrogen) atoms. The van der Waals surface area contributed by atoms with Gasteiger partial charge in [0.25, 0.3) is 0 Å². The lowest BCUT2D eigenvalue weighted by molar-refractivity contribution is -0.141. The monoisotopic (exact) mass is 363 g/mol. The average Bonchev–Trinajstić information content (AvgIpc) is 3.35. The van der Waals surface area contributed by atoms with Gasteiger partial charge in [0.05, 0.1) is 0 Å². The van der Waals surface area contributed by atoms with Crippen molar-refractivity contribution in [3.05, 3.63) is 48.0 Å². The second-order valence-corrected chi connectivity index (χ2v) is 6.92. The fourth-order valence-electron chi connectivity index (χ4n) is 3.54. The molecule has 0 bridgehead atoms. The maximum Gasteiger partial charge on any atom is 0.433 e. The molecule has 2 aromatic heterocycles. The molecule has 2 aliphatic rings. The minimum atomic E-state index is -4.45. The van der Waals surface area contributed by atoms with E-state index in [4.69, 9.17) is 0 Å². The van der Waals surface area contributed by atoms with Gasteiger partial charge in [0.15, 0.2) is 0 Å². The van der Waals surface area contributed by atoms with Crippen LogP contribution in [0.15, 0.2) is 36.8 Å². The minimum absolute atomic E-state index is 0.141. The number of anilines is 1. The standard InChI is InChI=1S/C18H20F3N5/c19-18(20,21)16-5-8-23-17(24-16)26(14-3-4-14)15-6-9-25(12-15)11-13-2-1-7-22-10-13/h1-2,5,7-8,10,14-15H,3-4,6,9,11-12H2. The molecular formula is C18H20F3N5. The molecule has 1 aliphatic carbocycles. The third kappa shape index (κ3) is 3.80. The van der Waals surface area contributed by atoms with Crippen LogP contribution in [-0.2, 0) is 12.7 Å². The maximum absolute atomic E-state index is 13.0. The summed E-state index contributed by atoms with van der Waals surface area (Å²) in [6.45, 7) is 2.50. The van der Waals surface area contributed by atoms with Crippen molar-refractivity contribution in [1.82, 2.24) is 19.9 Å². The van der Waals surface area contributed by atoms with Crippen LogP contribution >= 0.6 is 0 Å². The van der Waals surface area contributed by atoms with Crippen molar-refractivity contribution in [2.45, 2.75) is 44.1 Å². The Labute approximate surface area is 149 Å². The maximum atomic E-state index is 13.0. The normalized spacial score (nSPS) is 21.1. The van der Waals surface area contributed by atoms with E-state index < -0.39 is 11.9 Å². The van der Waals surface area contributed by atoms with Crippen LogP contribution in [0.1, 0.15) is 30.5 Å². The first-order valence-corrected chi connectivity index (χ1v) is 8.80. The Morgan fingerprint density at radius 1 is 1.12 bits per heavy atom. The van der Waals surface area contributed by atoms with Gasteiger partial charge in [-0.05, 0) is 37.0 Å². The predicted octanol–water partition coefficient (Wildman–Crippen LogP) is 3.13. The Hall–Kier alpha value is -2.22. The lowest BCUT2D eigenvalue weighted by atomic mass is 10.2. The summed E-state index contributed by atoms with van der Waals surface area (Å²) in [5, 5.41) is 0. The summed E-state index contributed by atoms with van der Waals surface area (Å²) in [5.41, 5.74) is 0.264. The molecule has 0 amide bonds. The molecule has 0 spiro atoms. The molecule has 0 aromatic carbocycles. The van der Waals surface area contributed by atoms with Crippen LogP contribution in [0.4, 0.5) is 19.1 Å². The van der Waals surface area contributed by atoms with Crippen molar-refractivity contribution in [2.24, 2.45) is 0 Å². The summed E-state index contributed by atoms with van der Waals surface area (Å²) in [6.07, 6.45) is 3.23. The molecule has 0 N–H and O–H groups in total. The van der Waals surface area contributed by atoms with Crippen molar-refractivity contribution < 1.29 is 13.2 Å². The van der Waals surface area contributed by atoms with Crippen LogP contribution < -0.4 is 4.90 Å². The number of hydrogen-bond donors (Lipinski definition) is 0. The van der Waals surface area contributed by atoms with Gasteiger partial charge in [-0.3, -0.25) is 9.88 Å². The SMILES string of the molecule is FC(F)(F)c1ccnc(N(C2CC2)C2CCN(Cc3cccnc3)C2)n1. The highest BCUT2D eigenvalue weighted by atomic mass is 19.4. The number of aromatic nitrogens is 3. The highest BCUT2D eigenvalue weighted by molar-refractivity contribution is 5.37. The Kier molecular flexibility index (Phi) is 4.52. The smallest absolute Gasteiger partial charge is 0.334 e. The van der Waals surface area contributed by atoms with Crippen LogP contribution in [0, 0.1) is 0 Å². The summed E-state index contributed by atoms with van der Waals surface area (Å²) < 4.78 is 39.0. The van der Waals surface area contributed by atoms with Gasteiger partial charge in [-0.25, -0.2) is 9.97 Å². The molecule has 1 atom stereocenters. The molecule has 1 aliphatic heterocycles. The summed E-state index contributed by atoms with van der Waals surface area (Å²) in [4.78, 5) is 16.4. The molecule has 8 heteroatoms. The first-order chi connectivity index (χ1) is 12.5. The van der Waals surface area contributed by atoms with E-state index in [1.165, 1.54) is 6.20 Å². The van der Waals surface area contributed by atoms with E-state index in [9.17, 15) is 13.2 Å². The summed E-state index contributed by atoms with van der Waals surface area (Å²) in [5.74, 6) is 0.204. The lowest BCUT2D eigenvalue weighted by Gasteiger charge is -2.29. The number of hydrogen-bond acceptors (Lipinski definition) is 5. The molecule has 1 unspecified atom stereocenters. The second kappa shape index (κ2) is 6.83. The minimum Gasteiger partial charge on any atom is -0.334 e. The Bertz CT molecular complexity index is 748. The van der Waals surface area contributed by atoms with Crippen LogP contribution in [0.25, 0.3) is 0 Å². The van der Waals surface area contributed by atoms with Gasteiger partial charge in [-0.1, -0.05) is 6.07 Å². The van der Waals surface area contributed by atoms with Gasteiger partial charge in [-0.15, -0.1) is 0 Å². The summed E-state index contributed by atoms with van der Waals surface area (Å²) in [7, 11) is 0. The van der Waals surface area contributed by atoms with E-state index in [1.807, 2.05) is 23.2 Å².